The number of furan rings is 1. The van der Waals surface area contributed by atoms with Crippen LogP contribution in [-0.4, -0.2) is 7.05 Å². The van der Waals surface area contributed by atoms with Crippen LogP contribution in [-0.2, 0) is 13.0 Å². The van der Waals surface area contributed by atoms with E-state index in [0.29, 0.717) is 12.5 Å². The van der Waals surface area contributed by atoms with Gasteiger partial charge in [0.25, 0.3) is 0 Å². The first kappa shape index (κ1) is 13.1. The van der Waals surface area contributed by atoms with E-state index in [1.165, 1.54) is 6.07 Å². The lowest BCUT2D eigenvalue weighted by molar-refractivity contribution is 0.514. The molecule has 0 aliphatic carbocycles. The predicted octanol–water partition coefficient (Wildman–Crippen LogP) is 3.80. The zero-order chi connectivity index (χ0) is 13.3. The van der Waals surface area contributed by atoms with Crippen molar-refractivity contribution in [2.75, 3.05) is 7.05 Å². The molecule has 0 atom stereocenters. The van der Waals surface area contributed by atoms with Crippen molar-refractivity contribution < 1.29 is 8.81 Å². The van der Waals surface area contributed by atoms with Crippen LogP contribution in [0, 0.1) is 18.7 Å². The second-order valence-corrected chi connectivity index (χ2v) is 5.23. The molecule has 0 saturated heterocycles. The number of rotatable bonds is 4. The van der Waals surface area contributed by atoms with E-state index in [1.807, 2.05) is 14.0 Å². The Morgan fingerprint density at radius 3 is 2.67 bits per heavy atom. The van der Waals surface area contributed by atoms with Gasteiger partial charge < -0.3 is 9.73 Å². The Morgan fingerprint density at radius 2 is 2.06 bits per heavy atom. The molecule has 0 radical (unpaired) electrons. The standard InChI is InChI=1S/C15H20FNO/c1-9(2)5-12-13-7-11(16)6-10(3)15(13)18-14(12)8-17-4/h6-7,9,17H,5,8H2,1-4H3. The summed E-state index contributed by atoms with van der Waals surface area (Å²) in [7, 11) is 1.89. The molecular weight excluding hydrogens is 229 g/mol. The fourth-order valence-corrected chi connectivity index (χ4v) is 2.36. The zero-order valence-corrected chi connectivity index (χ0v) is 11.4. The number of hydrogen-bond donors (Lipinski definition) is 1. The van der Waals surface area contributed by atoms with Crippen molar-refractivity contribution in [2.24, 2.45) is 5.92 Å². The van der Waals surface area contributed by atoms with Crippen molar-refractivity contribution in [3.8, 4) is 0 Å². The normalized spacial score (nSPS) is 11.7. The second kappa shape index (κ2) is 5.11. The van der Waals surface area contributed by atoms with Crippen LogP contribution < -0.4 is 5.32 Å². The highest BCUT2D eigenvalue weighted by atomic mass is 19.1. The van der Waals surface area contributed by atoms with Gasteiger partial charge in [0.2, 0.25) is 0 Å². The molecule has 0 fully saturated rings. The van der Waals surface area contributed by atoms with Gasteiger partial charge in [-0.15, -0.1) is 0 Å². The number of nitrogens with one attached hydrogen (secondary N) is 1. The van der Waals surface area contributed by atoms with Crippen LogP contribution in [0.4, 0.5) is 4.39 Å². The molecule has 98 valence electrons. The van der Waals surface area contributed by atoms with Crippen molar-refractivity contribution in [3.63, 3.8) is 0 Å². The maximum Gasteiger partial charge on any atom is 0.137 e. The third kappa shape index (κ3) is 2.41. The van der Waals surface area contributed by atoms with Gasteiger partial charge in [-0.05, 0) is 44.0 Å². The van der Waals surface area contributed by atoms with Crippen LogP contribution >= 0.6 is 0 Å². The molecule has 18 heavy (non-hydrogen) atoms. The Balaban J connectivity index is 2.64. The van der Waals surface area contributed by atoms with Crippen LogP contribution in [0.1, 0.15) is 30.7 Å². The zero-order valence-electron chi connectivity index (χ0n) is 11.4. The van der Waals surface area contributed by atoms with Crippen LogP contribution in [0.5, 0.6) is 0 Å². The van der Waals surface area contributed by atoms with Gasteiger partial charge in [-0.2, -0.15) is 0 Å². The minimum atomic E-state index is -0.193. The maximum atomic E-state index is 13.6. The highest BCUT2D eigenvalue weighted by Gasteiger charge is 2.17. The summed E-state index contributed by atoms with van der Waals surface area (Å²) in [6, 6.07) is 3.11. The molecule has 0 unspecified atom stereocenters. The van der Waals surface area contributed by atoms with Crippen molar-refractivity contribution >= 4 is 11.0 Å². The molecule has 0 aliphatic heterocycles. The van der Waals surface area contributed by atoms with Gasteiger partial charge in [-0.1, -0.05) is 13.8 Å². The molecule has 0 bridgehead atoms. The SMILES string of the molecule is CNCc1oc2c(C)cc(F)cc2c1CC(C)C. The van der Waals surface area contributed by atoms with Crippen molar-refractivity contribution in [1.29, 1.82) is 0 Å². The minimum absolute atomic E-state index is 0.193. The first-order valence-corrected chi connectivity index (χ1v) is 6.38. The Bertz CT molecular complexity index is 557. The lowest BCUT2D eigenvalue weighted by Gasteiger charge is -2.05. The summed E-state index contributed by atoms with van der Waals surface area (Å²) in [5.41, 5.74) is 2.81. The molecule has 0 amide bonds. The fraction of sp³-hybridized carbons (Fsp3) is 0.467. The van der Waals surface area contributed by atoms with E-state index < -0.39 is 0 Å². The Morgan fingerprint density at radius 1 is 1.33 bits per heavy atom. The summed E-state index contributed by atoms with van der Waals surface area (Å²) in [4.78, 5) is 0. The molecule has 1 heterocycles. The van der Waals surface area contributed by atoms with Gasteiger partial charge in [0.15, 0.2) is 0 Å². The number of fused-ring (bicyclic) bond motifs is 1. The smallest absolute Gasteiger partial charge is 0.137 e. The van der Waals surface area contributed by atoms with Gasteiger partial charge in [0.1, 0.15) is 17.2 Å². The quantitative estimate of drug-likeness (QED) is 0.891. The highest BCUT2D eigenvalue weighted by Crippen LogP contribution is 2.31. The maximum absolute atomic E-state index is 13.6. The van der Waals surface area contributed by atoms with Gasteiger partial charge in [0.05, 0.1) is 6.54 Å². The fourth-order valence-electron chi connectivity index (χ4n) is 2.36. The summed E-state index contributed by atoms with van der Waals surface area (Å²) < 4.78 is 19.4. The van der Waals surface area contributed by atoms with E-state index in [9.17, 15) is 4.39 Å². The summed E-state index contributed by atoms with van der Waals surface area (Å²) >= 11 is 0. The molecule has 0 spiro atoms. The number of halogens is 1. The summed E-state index contributed by atoms with van der Waals surface area (Å²) in [6.45, 7) is 6.89. The monoisotopic (exact) mass is 249 g/mol. The lowest BCUT2D eigenvalue weighted by atomic mass is 9.99. The molecule has 1 N–H and O–H groups in total. The van der Waals surface area contributed by atoms with Gasteiger partial charge in [0, 0.05) is 10.9 Å². The van der Waals surface area contributed by atoms with E-state index in [4.69, 9.17) is 4.42 Å². The molecule has 1 aromatic heterocycles. The minimum Gasteiger partial charge on any atom is -0.459 e. The molecule has 0 saturated carbocycles. The topological polar surface area (TPSA) is 25.2 Å². The summed E-state index contributed by atoms with van der Waals surface area (Å²) in [6.07, 6.45) is 0.910. The first-order chi connectivity index (χ1) is 8.52. The van der Waals surface area contributed by atoms with Gasteiger partial charge >= 0.3 is 0 Å². The Labute approximate surface area is 107 Å². The van der Waals surface area contributed by atoms with Gasteiger partial charge in [-0.25, -0.2) is 4.39 Å². The second-order valence-electron chi connectivity index (χ2n) is 5.23. The number of hydrogen-bond acceptors (Lipinski definition) is 2. The summed E-state index contributed by atoms with van der Waals surface area (Å²) in [5.74, 6) is 1.25. The van der Waals surface area contributed by atoms with E-state index in [2.05, 4.69) is 19.2 Å². The third-order valence-corrected chi connectivity index (χ3v) is 3.08. The lowest BCUT2D eigenvalue weighted by Crippen LogP contribution is -2.07. The first-order valence-electron chi connectivity index (χ1n) is 6.38. The van der Waals surface area contributed by atoms with Crippen LogP contribution in [0.3, 0.4) is 0 Å². The molecule has 2 nitrogen and oxygen atoms in total. The van der Waals surface area contributed by atoms with Crippen molar-refractivity contribution in [1.82, 2.24) is 5.32 Å². The number of benzene rings is 1. The van der Waals surface area contributed by atoms with Crippen LogP contribution in [0.2, 0.25) is 0 Å². The highest BCUT2D eigenvalue weighted by molar-refractivity contribution is 5.85. The van der Waals surface area contributed by atoms with Crippen LogP contribution in [0.15, 0.2) is 16.5 Å². The van der Waals surface area contributed by atoms with Crippen LogP contribution in [0.25, 0.3) is 11.0 Å². The largest absolute Gasteiger partial charge is 0.459 e. The molecule has 2 aromatic rings. The molecule has 0 aliphatic rings. The molecule has 3 heteroatoms. The van der Waals surface area contributed by atoms with E-state index in [0.717, 1.165) is 34.3 Å². The average Bonchev–Trinajstić information content (AvgIpc) is 2.58. The molecular formula is C15H20FNO. The Hall–Kier alpha value is -1.35. The van der Waals surface area contributed by atoms with E-state index in [-0.39, 0.29) is 5.82 Å². The predicted molar refractivity (Wildman–Crippen MR) is 72.2 cm³/mol. The molecule has 1 aromatic carbocycles. The molecule has 2 rings (SSSR count). The van der Waals surface area contributed by atoms with Gasteiger partial charge in [-0.3, -0.25) is 0 Å². The summed E-state index contributed by atoms with van der Waals surface area (Å²) in [5, 5.41) is 4.03. The van der Waals surface area contributed by atoms with Crippen molar-refractivity contribution in [3.05, 3.63) is 34.8 Å². The van der Waals surface area contributed by atoms with Crippen molar-refractivity contribution in [2.45, 2.75) is 33.7 Å². The van der Waals surface area contributed by atoms with E-state index in [1.54, 1.807) is 6.07 Å². The Kier molecular flexibility index (Phi) is 3.71. The number of aryl methyl sites for hydroxylation is 1. The van der Waals surface area contributed by atoms with E-state index >= 15 is 0 Å². The average molecular weight is 249 g/mol. The third-order valence-electron chi connectivity index (χ3n) is 3.08.